The maximum atomic E-state index is 12.2. The van der Waals surface area contributed by atoms with E-state index in [4.69, 9.17) is 0 Å². The minimum atomic E-state index is 0.0647. The van der Waals surface area contributed by atoms with E-state index in [1.807, 2.05) is 0 Å². The van der Waals surface area contributed by atoms with Gasteiger partial charge in [-0.2, -0.15) is 0 Å². The van der Waals surface area contributed by atoms with Gasteiger partial charge in [0.1, 0.15) is 0 Å². The average Bonchev–Trinajstić information content (AvgIpc) is 2.26. The standard InChI is InChI=1S/C13H26N2O/c1-5-8-14-12-7-6-9-15(13(12)16)11(4)10(2)3/h10-12,14H,5-9H2,1-4H3. The summed E-state index contributed by atoms with van der Waals surface area (Å²) in [7, 11) is 0. The van der Waals surface area contributed by atoms with Gasteiger partial charge in [-0.25, -0.2) is 0 Å². The molecule has 2 atom stereocenters. The molecule has 94 valence electrons. The molecule has 1 saturated heterocycles. The summed E-state index contributed by atoms with van der Waals surface area (Å²) in [6, 6.07) is 0.425. The minimum absolute atomic E-state index is 0.0647. The first kappa shape index (κ1) is 13.5. The second-order valence-electron chi connectivity index (χ2n) is 5.17. The lowest BCUT2D eigenvalue weighted by Gasteiger charge is -2.38. The van der Waals surface area contributed by atoms with Crippen LogP contribution in [-0.2, 0) is 4.79 Å². The van der Waals surface area contributed by atoms with Crippen molar-refractivity contribution in [3.05, 3.63) is 0 Å². The summed E-state index contributed by atoms with van der Waals surface area (Å²) in [5, 5.41) is 3.35. The molecule has 3 heteroatoms. The molecule has 0 radical (unpaired) electrons. The highest BCUT2D eigenvalue weighted by Crippen LogP contribution is 2.18. The van der Waals surface area contributed by atoms with Crippen LogP contribution < -0.4 is 5.32 Å². The summed E-state index contributed by atoms with van der Waals surface area (Å²) >= 11 is 0. The number of likely N-dealkylation sites (tertiary alicyclic amines) is 1. The van der Waals surface area contributed by atoms with Gasteiger partial charge in [0.25, 0.3) is 0 Å². The van der Waals surface area contributed by atoms with Crippen molar-refractivity contribution in [3.63, 3.8) is 0 Å². The van der Waals surface area contributed by atoms with E-state index >= 15 is 0 Å². The molecular weight excluding hydrogens is 200 g/mol. The third-order valence-electron chi connectivity index (χ3n) is 3.57. The van der Waals surface area contributed by atoms with Crippen molar-refractivity contribution in [1.29, 1.82) is 0 Å². The Kier molecular flexibility index (Phi) is 5.26. The van der Waals surface area contributed by atoms with Crippen molar-refractivity contribution in [2.75, 3.05) is 13.1 Å². The van der Waals surface area contributed by atoms with Gasteiger partial charge >= 0.3 is 0 Å². The Bertz CT molecular complexity index is 228. The third-order valence-corrected chi connectivity index (χ3v) is 3.57. The molecule has 1 rings (SSSR count). The highest BCUT2D eigenvalue weighted by Gasteiger charge is 2.31. The number of hydrogen-bond acceptors (Lipinski definition) is 2. The lowest BCUT2D eigenvalue weighted by Crippen LogP contribution is -2.54. The molecule has 1 fully saturated rings. The maximum absolute atomic E-state index is 12.2. The molecule has 1 aliphatic heterocycles. The molecule has 0 spiro atoms. The molecule has 3 nitrogen and oxygen atoms in total. The molecular formula is C13H26N2O. The molecule has 2 unspecified atom stereocenters. The number of nitrogens with zero attached hydrogens (tertiary/aromatic N) is 1. The molecule has 0 aromatic rings. The number of nitrogens with one attached hydrogen (secondary N) is 1. The number of carbonyl (C=O) groups is 1. The van der Waals surface area contributed by atoms with E-state index in [-0.39, 0.29) is 6.04 Å². The molecule has 0 saturated carbocycles. The van der Waals surface area contributed by atoms with Gasteiger partial charge in [0.2, 0.25) is 5.91 Å². The summed E-state index contributed by atoms with van der Waals surface area (Å²) in [6.45, 7) is 10.5. The summed E-state index contributed by atoms with van der Waals surface area (Å²) in [5.74, 6) is 0.842. The minimum Gasteiger partial charge on any atom is -0.338 e. The number of piperidine rings is 1. The zero-order valence-corrected chi connectivity index (χ0v) is 11.1. The molecule has 16 heavy (non-hydrogen) atoms. The van der Waals surface area contributed by atoms with Gasteiger partial charge in [-0.3, -0.25) is 4.79 Å². The van der Waals surface area contributed by atoms with Crippen LogP contribution in [0.1, 0.15) is 47.0 Å². The third kappa shape index (κ3) is 3.21. The Labute approximate surface area is 99.6 Å². The maximum Gasteiger partial charge on any atom is 0.239 e. The van der Waals surface area contributed by atoms with E-state index in [9.17, 15) is 4.79 Å². The van der Waals surface area contributed by atoms with Gasteiger partial charge in [0, 0.05) is 12.6 Å². The molecule has 1 aliphatic rings. The predicted octanol–water partition coefficient (Wildman–Crippen LogP) is 2.02. The van der Waals surface area contributed by atoms with Crippen LogP contribution >= 0.6 is 0 Å². The van der Waals surface area contributed by atoms with Crippen LogP contribution in [0.5, 0.6) is 0 Å². The second-order valence-corrected chi connectivity index (χ2v) is 5.17. The lowest BCUT2D eigenvalue weighted by molar-refractivity contribution is -0.139. The molecule has 0 aromatic carbocycles. The summed E-state index contributed by atoms with van der Waals surface area (Å²) in [4.78, 5) is 14.3. The Morgan fingerprint density at radius 3 is 2.69 bits per heavy atom. The fraction of sp³-hybridized carbons (Fsp3) is 0.923. The van der Waals surface area contributed by atoms with Crippen LogP contribution in [0, 0.1) is 5.92 Å². The number of carbonyl (C=O) groups excluding carboxylic acids is 1. The van der Waals surface area contributed by atoms with E-state index in [1.165, 1.54) is 0 Å². The zero-order chi connectivity index (χ0) is 12.1. The summed E-state index contributed by atoms with van der Waals surface area (Å²) in [6.07, 6.45) is 3.22. The normalized spacial score (nSPS) is 23.9. The lowest BCUT2D eigenvalue weighted by atomic mass is 9.98. The molecule has 0 aliphatic carbocycles. The average molecular weight is 226 g/mol. The van der Waals surface area contributed by atoms with Crippen molar-refractivity contribution >= 4 is 5.91 Å². The van der Waals surface area contributed by atoms with E-state index < -0.39 is 0 Å². The first-order chi connectivity index (χ1) is 7.57. The Hall–Kier alpha value is -0.570. The molecule has 0 aromatic heterocycles. The van der Waals surface area contributed by atoms with Gasteiger partial charge in [-0.1, -0.05) is 20.8 Å². The molecule has 1 heterocycles. The van der Waals surface area contributed by atoms with Crippen LogP contribution in [-0.4, -0.2) is 36.0 Å². The van der Waals surface area contributed by atoms with E-state index in [0.717, 1.165) is 32.4 Å². The largest absolute Gasteiger partial charge is 0.338 e. The monoisotopic (exact) mass is 226 g/mol. The van der Waals surface area contributed by atoms with Crippen LogP contribution in [0.3, 0.4) is 0 Å². The Morgan fingerprint density at radius 2 is 2.12 bits per heavy atom. The fourth-order valence-electron chi connectivity index (χ4n) is 2.17. The van der Waals surface area contributed by atoms with E-state index in [1.54, 1.807) is 0 Å². The van der Waals surface area contributed by atoms with Gasteiger partial charge in [0.15, 0.2) is 0 Å². The first-order valence-electron chi connectivity index (χ1n) is 6.61. The van der Waals surface area contributed by atoms with Crippen LogP contribution in [0.4, 0.5) is 0 Å². The van der Waals surface area contributed by atoms with Crippen molar-refractivity contribution < 1.29 is 4.79 Å². The van der Waals surface area contributed by atoms with E-state index in [2.05, 4.69) is 37.9 Å². The number of hydrogen-bond donors (Lipinski definition) is 1. The van der Waals surface area contributed by atoms with Gasteiger partial charge in [-0.05, 0) is 38.6 Å². The number of rotatable bonds is 5. The first-order valence-corrected chi connectivity index (χ1v) is 6.61. The van der Waals surface area contributed by atoms with Gasteiger partial charge in [0.05, 0.1) is 6.04 Å². The predicted molar refractivity (Wildman–Crippen MR) is 67.3 cm³/mol. The topological polar surface area (TPSA) is 32.3 Å². The highest BCUT2D eigenvalue weighted by molar-refractivity contribution is 5.82. The molecule has 1 amide bonds. The van der Waals surface area contributed by atoms with Crippen LogP contribution in [0.15, 0.2) is 0 Å². The molecule has 0 bridgehead atoms. The van der Waals surface area contributed by atoms with E-state index in [0.29, 0.717) is 17.9 Å². The fourth-order valence-corrected chi connectivity index (χ4v) is 2.17. The zero-order valence-electron chi connectivity index (χ0n) is 11.1. The van der Waals surface area contributed by atoms with Crippen molar-refractivity contribution in [1.82, 2.24) is 10.2 Å². The Morgan fingerprint density at radius 1 is 1.44 bits per heavy atom. The van der Waals surface area contributed by atoms with Crippen molar-refractivity contribution in [3.8, 4) is 0 Å². The smallest absolute Gasteiger partial charge is 0.239 e. The molecule has 1 N–H and O–H groups in total. The van der Waals surface area contributed by atoms with Gasteiger partial charge in [-0.15, -0.1) is 0 Å². The second kappa shape index (κ2) is 6.24. The van der Waals surface area contributed by atoms with Crippen LogP contribution in [0.2, 0.25) is 0 Å². The highest BCUT2D eigenvalue weighted by atomic mass is 16.2. The summed E-state index contributed by atoms with van der Waals surface area (Å²) < 4.78 is 0. The SMILES string of the molecule is CCCNC1CCCN(C(C)C(C)C)C1=O. The Balaban J connectivity index is 2.56. The quantitative estimate of drug-likeness (QED) is 0.778. The van der Waals surface area contributed by atoms with Gasteiger partial charge < -0.3 is 10.2 Å². The summed E-state index contributed by atoms with van der Waals surface area (Å²) in [5.41, 5.74) is 0. The number of amides is 1. The van der Waals surface area contributed by atoms with Crippen molar-refractivity contribution in [2.45, 2.75) is 59.0 Å². The van der Waals surface area contributed by atoms with Crippen molar-refractivity contribution in [2.24, 2.45) is 5.92 Å². The van der Waals surface area contributed by atoms with Crippen LogP contribution in [0.25, 0.3) is 0 Å².